The van der Waals surface area contributed by atoms with Crippen molar-refractivity contribution in [2.45, 2.75) is 13.0 Å². The Morgan fingerprint density at radius 2 is 2.38 bits per heavy atom. The highest BCUT2D eigenvalue weighted by atomic mass is 35.5. The Bertz CT molecular complexity index is 284. The van der Waals surface area contributed by atoms with Crippen LogP contribution in [0.3, 0.4) is 0 Å². The summed E-state index contributed by atoms with van der Waals surface area (Å²) in [6, 6.07) is 0.0363. The second-order valence-electron chi connectivity index (χ2n) is 3.25. The van der Waals surface area contributed by atoms with Gasteiger partial charge >= 0.3 is 0 Å². The molecule has 13 heavy (non-hydrogen) atoms. The molecule has 2 aliphatic heterocycles. The molecule has 0 fully saturated rings. The Balaban J connectivity index is 2.19. The number of aliphatic imine (C=N–C) groups is 1. The number of hydrazine groups is 1. The minimum atomic E-state index is 0.0363. The zero-order valence-electron chi connectivity index (χ0n) is 7.76. The quantitative estimate of drug-likeness (QED) is 0.639. The normalized spacial score (nSPS) is 28.1. The summed E-state index contributed by atoms with van der Waals surface area (Å²) in [7, 11) is 1.95. The van der Waals surface area contributed by atoms with Gasteiger partial charge in [-0.05, 0) is 6.92 Å². The van der Waals surface area contributed by atoms with Gasteiger partial charge in [-0.2, -0.15) is 0 Å². The first-order valence-electron chi connectivity index (χ1n) is 4.34. The van der Waals surface area contributed by atoms with Gasteiger partial charge in [0, 0.05) is 19.3 Å². The van der Waals surface area contributed by atoms with Crippen LogP contribution in [0.2, 0.25) is 0 Å². The molecule has 0 saturated heterocycles. The molecule has 72 valence electrons. The number of allylic oxidation sites excluding steroid dienone is 1. The van der Waals surface area contributed by atoms with Crippen molar-refractivity contribution in [1.29, 1.82) is 0 Å². The molecule has 0 spiro atoms. The van der Waals surface area contributed by atoms with Crippen LogP contribution in [0.4, 0.5) is 0 Å². The van der Waals surface area contributed by atoms with E-state index < -0.39 is 0 Å². The van der Waals surface area contributed by atoms with Crippen LogP contribution in [0, 0.1) is 0 Å². The summed E-state index contributed by atoms with van der Waals surface area (Å²) in [5.74, 6) is 0.953. The van der Waals surface area contributed by atoms with Gasteiger partial charge in [-0.3, -0.25) is 4.99 Å². The molecular formula is C8H13ClN4. The summed E-state index contributed by atoms with van der Waals surface area (Å²) in [4.78, 5) is 4.33. The largest absolute Gasteiger partial charge is 0.370 e. The fraction of sp³-hybridized carbons (Fsp3) is 0.625. The second kappa shape index (κ2) is 3.20. The van der Waals surface area contributed by atoms with E-state index in [0.29, 0.717) is 0 Å². The number of halogens is 1. The zero-order chi connectivity index (χ0) is 9.42. The Labute approximate surface area is 82.6 Å². The predicted molar refractivity (Wildman–Crippen MR) is 53.5 cm³/mol. The van der Waals surface area contributed by atoms with Crippen molar-refractivity contribution in [1.82, 2.24) is 15.8 Å². The van der Waals surface area contributed by atoms with Crippen LogP contribution in [0.1, 0.15) is 6.92 Å². The molecule has 1 atom stereocenters. The number of hydrogen-bond donors (Lipinski definition) is 2. The van der Waals surface area contributed by atoms with Gasteiger partial charge < -0.3 is 10.3 Å². The van der Waals surface area contributed by atoms with E-state index in [1.54, 1.807) is 0 Å². The van der Waals surface area contributed by atoms with Gasteiger partial charge in [0.1, 0.15) is 11.9 Å². The maximum atomic E-state index is 6.16. The van der Waals surface area contributed by atoms with E-state index in [-0.39, 0.29) is 6.04 Å². The number of amidine groups is 1. The van der Waals surface area contributed by atoms with Crippen LogP contribution in [0.25, 0.3) is 0 Å². The van der Waals surface area contributed by atoms with Gasteiger partial charge in [0.2, 0.25) is 0 Å². The van der Waals surface area contributed by atoms with Gasteiger partial charge in [-0.25, -0.2) is 5.43 Å². The highest BCUT2D eigenvalue weighted by Crippen LogP contribution is 2.23. The van der Waals surface area contributed by atoms with Gasteiger partial charge in [0.05, 0.1) is 11.6 Å². The zero-order valence-corrected chi connectivity index (χ0v) is 8.52. The van der Waals surface area contributed by atoms with Crippen molar-refractivity contribution in [2.75, 3.05) is 20.1 Å². The van der Waals surface area contributed by atoms with Crippen molar-refractivity contribution in [3.05, 3.63) is 10.7 Å². The number of nitrogens with zero attached hydrogens (tertiary/aromatic N) is 2. The van der Waals surface area contributed by atoms with E-state index in [0.717, 1.165) is 29.7 Å². The highest BCUT2D eigenvalue weighted by molar-refractivity contribution is 6.33. The fourth-order valence-corrected chi connectivity index (χ4v) is 1.79. The van der Waals surface area contributed by atoms with Crippen LogP contribution >= 0.6 is 11.6 Å². The van der Waals surface area contributed by atoms with Crippen molar-refractivity contribution < 1.29 is 0 Å². The maximum absolute atomic E-state index is 6.16. The number of rotatable bonds is 1. The molecule has 0 aliphatic carbocycles. The van der Waals surface area contributed by atoms with Gasteiger partial charge in [0.25, 0.3) is 0 Å². The van der Waals surface area contributed by atoms with Crippen molar-refractivity contribution >= 4 is 17.4 Å². The first-order chi connectivity index (χ1) is 6.20. The fourth-order valence-electron chi connectivity index (χ4n) is 1.51. The van der Waals surface area contributed by atoms with Crippen LogP contribution in [-0.2, 0) is 0 Å². The van der Waals surface area contributed by atoms with Gasteiger partial charge in [-0.1, -0.05) is 11.6 Å². The Morgan fingerprint density at radius 1 is 1.62 bits per heavy atom. The smallest absolute Gasteiger partial charge is 0.121 e. The molecule has 4 nitrogen and oxygen atoms in total. The Hall–Kier alpha value is -0.740. The summed E-state index contributed by atoms with van der Waals surface area (Å²) in [5, 5.41) is 5.97. The first-order valence-corrected chi connectivity index (χ1v) is 4.72. The lowest BCUT2D eigenvalue weighted by Crippen LogP contribution is -2.43. The second-order valence-corrected chi connectivity index (χ2v) is 3.66. The highest BCUT2D eigenvalue weighted by Gasteiger charge is 2.30. The lowest BCUT2D eigenvalue weighted by Gasteiger charge is -2.16. The monoisotopic (exact) mass is 200 g/mol. The molecule has 0 amide bonds. The van der Waals surface area contributed by atoms with Crippen LogP contribution in [0.15, 0.2) is 15.7 Å². The maximum Gasteiger partial charge on any atom is 0.121 e. The SMILES string of the molecule is CC1=C(Cl)C(C2=NCCN2)NN1C. The first kappa shape index (κ1) is 8.84. The van der Waals surface area contributed by atoms with E-state index in [1.165, 1.54) is 0 Å². The molecule has 0 radical (unpaired) electrons. The molecule has 1 unspecified atom stereocenters. The Morgan fingerprint density at radius 3 is 2.85 bits per heavy atom. The minimum absolute atomic E-state index is 0.0363. The molecule has 0 aromatic carbocycles. The van der Waals surface area contributed by atoms with E-state index in [1.807, 2.05) is 19.0 Å². The molecule has 0 aromatic heterocycles. The number of hydrogen-bond acceptors (Lipinski definition) is 4. The average molecular weight is 201 g/mol. The molecule has 0 aromatic rings. The predicted octanol–water partition coefficient (Wildman–Crippen LogP) is 0.277. The third-order valence-corrected chi connectivity index (χ3v) is 2.89. The molecule has 2 heterocycles. The molecule has 2 rings (SSSR count). The third kappa shape index (κ3) is 1.40. The standard InChI is InChI=1S/C8H13ClN4/c1-5-6(9)7(12-13(5)2)8-10-3-4-11-8/h7,12H,3-4H2,1-2H3,(H,10,11). The van der Waals surface area contributed by atoms with Crippen molar-refractivity contribution in [3.63, 3.8) is 0 Å². The van der Waals surface area contributed by atoms with Crippen LogP contribution < -0.4 is 10.7 Å². The lowest BCUT2D eigenvalue weighted by molar-refractivity contribution is 0.330. The van der Waals surface area contributed by atoms with Crippen LogP contribution in [-0.4, -0.2) is 37.0 Å². The van der Waals surface area contributed by atoms with E-state index in [9.17, 15) is 0 Å². The molecule has 2 N–H and O–H groups in total. The molecule has 0 saturated carbocycles. The summed E-state index contributed by atoms with van der Waals surface area (Å²) in [5.41, 5.74) is 4.29. The van der Waals surface area contributed by atoms with Gasteiger partial charge in [-0.15, -0.1) is 0 Å². The third-order valence-electron chi connectivity index (χ3n) is 2.40. The van der Waals surface area contributed by atoms with E-state index >= 15 is 0 Å². The molecular weight excluding hydrogens is 188 g/mol. The van der Waals surface area contributed by atoms with E-state index in [2.05, 4.69) is 15.7 Å². The van der Waals surface area contributed by atoms with Crippen LogP contribution in [0.5, 0.6) is 0 Å². The minimum Gasteiger partial charge on any atom is -0.370 e. The molecule has 2 aliphatic rings. The number of nitrogens with one attached hydrogen (secondary N) is 2. The van der Waals surface area contributed by atoms with E-state index in [4.69, 9.17) is 11.6 Å². The summed E-state index contributed by atoms with van der Waals surface area (Å²) >= 11 is 6.16. The molecule has 0 bridgehead atoms. The molecule has 5 heteroatoms. The average Bonchev–Trinajstić information content (AvgIpc) is 2.70. The van der Waals surface area contributed by atoms with Gasteiger partial charge in [0.15, 0.2) is 0 Å². The topological polar surface area (TPSA) is 39.7 Å². The van der Waals surface area contributed by atoms with Crippen molar-refractivity contribution in [3.8, 4) is 0 Å². The summed E-state index contributed by atoms with van der Waals surface area (Å²) in [6.07, 6.45) is 0. The Kier molecular flexibility index (Phi) is 2.17. The summed E-state index contributed by atoms with van der Waals surface area (Å²) in [6.45, 7) is 3.76. The summed E-state index contributed by atoms with van der Waals surface area (Å²) < 4.78 is 0. The lowest BCUT2D eigenvalue weighted by atomic mass is 10.2. The van der Waals surface area contributed by atoms with Crippen molar-refractivity contribution in [2.24, 2.45) is 4.99 Å².